The molecular weight excluding hydrogens is 285 g/mol. The number of ether oxygens (including phenoxy) is 1. The molecule has 7 heteroatoms. The monoisotopic (exact) mass is 302 g/mol. The zero-order valence-electron chi connectivity index (χ0n) is 11.6. The average molecular weight is 302 g/mol. The third kappa shape index (κ3) is 3.87. The summed E-state index contributed by atoms with van der Waals surface area (Å²) in [5.41, 5.74) is -0.0420. The molecule has 2 rings (SSSR count). The van der Waals surface area contributed by atoms with Gasteiger partial charge in [0.2, 0.25) is 0 Å². The Labute approximate surface area is 120 Å². The zero-order chi connectivity index (χ0) is 15.4. The number of nitrogens with zero attached hydrogens (tertiary/aromatic N) is 1. The lowest BCUT2D eigenvalue weighted by Crippen LogP contribution is -2.44. The first-order chi connectivity index (χ1) is 10.0. The molecule has 116 valence electrons. The number of rotatable bonds is 4. The van der Waals surface area contributed by atoms with Crippen molar-refractivity contribution in [3.63, 3.8) is 0 Å². The number of alkyl halides is 2. The highest BCUT2D eigenvalue weighted by Crippen LogP contribution is 2.25. The van der Waals surface area contributed by atoms with Gasteiger partial charge in [0.25, 0.3) is 5.91 Å². The first-order valence-electron chi connectivity index (χ1n) is 6.72. The fraction of sp³-hybridized carbons (Fsp3) is 0.500. The highest BCUT2D eigenvalue weighted by Gasteiger charge is 2.25. The van der Waals surface area contributed by atoms with Gasteiger partial charge in [0.1, 0.15) is 11.6 Å². The molecule has 0 bridgehead atoms. The molecule has 1 amide bonds. The molecule has 1 N–H and O–H groups in total. The fourth-order valence-corrected chi connectivity index (χ4v) is 2.41. The SMILES string of the molecule is CNC1CCN(C(=O)c2ccc(F)cc2OC(F)F)CC1. The Bertz CT molecular complexity index is 503. The van der Waals surface area contributed by atoms with Crippen LogP contribution >= 0.6 is 0 Å². The number of benzene rings is 1. The molecule has 0 aliphatic carbocycles. The Morgan fingerprint density at radius 2 is 2.05 bits per heavy atom. The molecule has 4 nitrogen and oxygen atoms in total. The molecule has 0 unspecified atom stereocenters. The van der Waals surface area contributed by atoms with E-state index in [1.807, 2.05) is 7.05 Å². The molecule has 1 aliphatic heterocycles. The third-order valence-electron chi connectivity index (χ3n) is 3.58. The van der Waals surface area contributed by atoms with E-state index in [4.69, 9.17) is 0 Å². The quantitative estimate of drug-likeness (QED) is 0.927. The van der Waals surface area contributed by atoms with E-state index in [1.165, 1.54) is 6.07 Å². The lowest BCUT2D eigenvalue weighted by atomic mass is 10.0. The number of nitrogens with one attached hydrogen (secondary N) is 1. The molecule has 1 saturated heterocycles. The maximum Gasteiger partial charge on any atom is 0.387 e. The Hall–Kier alpha value is -1.76. The molecule has 0 spiro atoms. The van der Waals surface area contributed by atoms with Crippen molar-refractivity contribution in [2.24, 2.45) is 0 Å². The van der Waals surface area contributed by atoms with Gasteiger partial charge in [-0.05, 0) is 32.0 Å². The van der Waals surface area contributed by atoms with Gasteiger partial charge >= 0.3 is 6.61 Å². The predicted molar refractivity (Wildman–Crippen MR) is 71.0 cm³/mol. The van der Waals surface area contributed by atoms with Crippen molar-refractivity contribution in [3.05, 3.63) is 29.6 Å². The molecule has 21 heavy (non-hydrogen) atoms. The van der Waals surface area contributed by atoms with E-state index in [0.29, 0.717) is 19.1 Å². The number of hydrogen-bond acceptors (Lipinski definition) is 3. The second kappa shape index (κ2) is 6.80. The summed E-state index contributed by atoms with van der Waals surface area (Å²) in [6.45, 7) is -2.06. The Balaban J connectivity index is 2.15. The van der Waals surface area contributed by atoms with Crippen molar-refractivity contribution >= 4 is 5.91 Å². The highest BCUT2D eigenvalue weighted by molar-refractivity contribution is 5.97. The Morgan fingerprint density at radius 1 is 1.38 bits per heavy atom. The van der Waals surface area contributed by atoms with Crippen LogP contribution < -0.4 is 10.1 Å². The van der Waals surface area contributed by atoms with Gasteiger partial charge in [0.15, 0.2) is 0 Å². The Kier molecular flexibility index (Phi) is 5.06. The van der Waals surface area contributed by atoms with Crippen molar-refractivity contribution in [1.82, 2.24) is 10.2 Å². The maximum atomic E-state index is 13.1. The number of carbonyl (C=O) groups excluding carboxylic acids is 1. The Morgan fingerprint density at radius 3 is 2.62 bits per heavy atom. The number of hydrogen-bond donors (Lipinski definition) is 1. The molecular formula is C14H17F3N2O2. The topological polar surface area (TPSA) is 41.6 Å². The summed E-state index contributed by atoms with van der Waals surface area (Å²) in [4.78, 5) is 13.9. The molecule has 1 aromatic rings. The van der Waals surface area contributed by atoms with Crippen molar-refractivity contribution < 1.29 is 22.7 Å². The van der Waals surface area contributed by atoms with E-state index in [1.54, 1.807) is 4.90 Å². The minimum absolute atomic E-state index is 0.0420. The number of amides is 1. The first kappa shape index (κ1) is 15.6. The maximum absolute atomic E-state index is 13.1. The molecule has 1 aromatic carbocycles. The lowest BCUT2D eigenvalue weighted by Gasteiger charge is -2.32. The van der Waals surface area contributed by atoms with Crippen LogP contribution in [-0.2, 0) is 0 Å². The molecule has 0 aromatic heterocycles. The number of piperidine rings is 1. The summed E-state index contributed by atoms with van der Waals surface area (Å²) < 4.78 is 42.1. The van der Waals surface area contributed by atoms with Gasteiger partial charge in [0, 0.05) is 25.2 Å². The predicted octanol–water partition coefficient (Wildman–Crippen LogP) is 2.25. The summed E-state index contributed by atoms with van der Waals surface area (Å²) in [5, 5.41) is 3.14. The normalized spacial score (nSPS) is 16.3. The summed E-state index contributed by atoms with van der Waals surface area (Å²) in [7, 11) is 1.86. The van der Waals surface area contributed by atoms with Crippen molar-refractivity contribution in [1.29, 1.82) is 0 Å². The van der Waals surface area contributed by atoms with Crippen LogP contribution in [0.25, 0.3) is 0 Å². The summed E-state index contributed by atoms with van der Waals surface area (Å²) in [5.74, 6) is -1.57. The van der Waals surface area contributed by atoms with Gasteiger partial charge in [0.05, 0.1) is 5.56 Å². The van der Waals surface area contributed by atoms with Gasteiger partial charge in [-0.2, -0.15) is 8.78 Å². The van der Waals surface area contributed by atoms with Crippen LogP contribution in [0.1, 0.15) is 23.2 Å². The van der Waals surface area contributed by atoms with Crippen LogP contribution in [0.3, 0.4) is 0 Å². The van der Waals surface area contributed by atoms with Gasteiger partial charge in [-0.15, -0.1) is 0 Å². The van der Waals surface area contributed by atoms with Crippen LogP contribution in [0, 0.1) is 5.82 Å². The molecule has 0 atom stereocenters. The van der Waals surface area contributed by atoms with Crippen molar-refractivity contribution in [3.8, 4) is 5.75 Å². The molecule has 1 fully saturated rings. The third-order valence-corrected chi connectivity index (χ3v) is 3.58. The van der Waals surface area contributed by atoms with Gasteiger partial charge < -0.3 is 15.0 Å². The zero-order valence-corrected chi connectivity index (χ0v) is 11.6. The van der Waals surface area contributed by atoms with E-state index in [0.717, 1.165) is 25.0 Å². The summed E-state index contributed by atoms with van der Waals surface area (Å²) >= 11 is 0. The van der Waals surface area contributed by atoms with Gasteiger partial charge in [-0.3, -0.25) is 4.79 Å². The van der Waals surface area contributed by atoms with Gasteiger partial charge in [-0.25, -0.2) is 4.39 Å². The second-order valence-corrected chi connectivity index (χ2v) is 4.87. The lowest BCUT2D eigenvalue weighted by molar-refractivity contribution is -0.0504. The standard InChI is InChI=1S/C14H17F3N2O2/c1-18-10-4-6-19(7-5-10)13(20)11-3-2-9(15)8-12(11)21-14(16)17/h2-3,8,10,14,18H,4-7H2,1H3. The first-order valence-corrected chi connectivity index (χ1v) is 6.72. The largest absolute Gasteiger partial charge is 0.434 e. The summed E-state index contributed by atoms with van der Waals surface area (Å²) in [6.07, 6.45) is 1.57. The average Bonchev–Trinajstić information content (AvgIpc) is 2.46. The number of likely N-dealkylation sites (tertiary alicyclic amines) is 1. The minimum atomic E-state index is -3.10. The van der Waals surface area contributed by atoms with E-state index < -0.39 is 24.1 Å². The fourth-order valence-electron chi connectivity index (χ4n) is 2.41. The molecule has 1 aliphatic rings. The van der Waals surface area contributed by atoms with Crippen LogP contribution in [0.2, 0.25) is 0 Å². The van der Waals surface area contributed by atoms with Crippen LogP contribution in [0.5, 0.6) is 5.75 Å². The van der Waals surface area contributed by atoms with Crippen molar-refractivity contribution in [2.45, 2.75) is 25.5 Å². The second-order valence-electron chi connectivity index (χ2n) is 4.87. The summed E-state index contributed by atoms with van der Waals surface area (Å²) in [6, 6.07) is 3.39. The van der Waals surface area contributed by atoms with Gasteiger partial charge in [-0.1, -0.05) is 0 Å². The van der Waals surface area contributed by atoms with Crippen molar-refractivity contribution in [2.75, 3.05) is 20.1 Å². The van der Waals surface area contributed by atoms with Crippen LogP contribution in [0.15, 0.2) is 18.2 Å². The van der Waals surface area contributed by atoms with E-state index in [9.17, 15) is 18.0 Å². The smallest absolute Gasteiger partial charge is 0.387 e. The highest BCUT2D eigenvalue weighted by atomic mass is 19.3. The van der Waals surface area contributed by atoms with E-state index >= 15 is 0 Å². The molecule has 1 heterocycles. The minimum Gasteiger partial charge on any atom is -0.434 e. The van der Waals surface area contributed by atoms with Crippen LogP contribution in [-0.4, -0.2) is 43.6 Å². The van der Waals surface area contributed by atoms with E-state index in [2.05, 4.69) is 10.1 Å². The number of halogens is 3. The molecule has 0 radical (unpaired) electrons. The number of carbonyl (C=O) groups is 1. The van der Waals surface area contributed by atoms with E-state index in [-0.39, 0.29) is 5.56 Å². The van der Waals surface area contributed by atoms with Crippen LogP contribution in [0.4, 0.5) is 13.2 Å². The molecule has 0 saturated carbocycles.